The van der Waals surface area contributed by atoms with Gasteiger partial charge in [-0.1, -0.05) is 6.92 Å². The highest BCUT2D eigenvalue weighted by Gasteiger charge is 2.14. The molecule has 1 atom stereocenters. The summed E-state index contributed by atoms with van der Waals surface area (Å²) < 4.78 is 1.87. The van der Waals surface area contributed by atoms with Gasteiger partial charge < -0.3 is 5.32 Å². The van der Waals surface area contributed by atoms with Crippen LogP contribution in [0, 0.1) is 0 Å². The molecule has 0 spiro atoms. The average Bonchev–Trinajstić information content (AvgIpc) is 3.00. The third-order valence-electron chi connectivity index (χ3n) is 3.54. The molecule has 3 heterocycles. The number of aryl methyl sites for hydroxylation is 1. The van der Waals surface area contributed by atoms with E-state index in [2.05, 4.69) is 32.3 Å². The summed E-state index contributed by atoms with van der Waals surface area (Å²) in [4.78, 5) is 13.0. The molecule has 0 amide bonds. The number of pyridine rings is 1. The zero-order chi connectivity index (χ0) is 15.4. The monoisotopic (exact) mass is 294 g/mol. The summed E-state index contributed by atoms with van der Waals surface area (Å²) in [5.41, 5.74) is 2.94. The van der Waals surface area contributed by atoms with Crippen LogP contribution in [-0.2, 0) is 7.05 Å². The topological polar surface area (TPSA) is 68.5 Å². The number of aromatic nitrogens is 5. The highest BCUT2D eigenvalue weighted by Crippen LogP contribution is 2.21. The molecule has 0 unspecified atom stereocenters. The number of anilines is 1. The minimum Gasteiger partial charge on any atom is -0.346 e. The lowest BCUT2D eigenvalue weighted by molar-refractivity contribution is 0.630. The Morgan fingerprint density at radius 1 is 1.18 bits per heavy atom. The average molecular weight is 294 g/mol. The molecule has 0 fully saturated rings. The van der Waals surface area contributed by atoms with Gasteiger partial charge in [0.2, 0.25) is 5.95 Å². The highest BCUT2D eigenvalue weighted by molar-refractivity contribution is 5.58. The van der Waals surface area contributed by atoms with Crippen molar-refractivity contribution >= 4 is 5.95 Å². The van der Waals surface area contributed by atoms with Gasteiger partial charge in [-0.2, -0.15) is 5.10 Å². The predicted octanol–water partition coefficient (Wildman–Crippen LogP) is 2.84. The zero-order valence-electron chi connectivity index (χ0n) is 12.6. The van der Waals surface area contributed by atoms with Crippen LogP contribution in [0.3, 0.4) is 0 Å². The molecule has 3 aromatic rings. The zero-order valence-corrected chi connectivity index (χ0v) is 12.6. The van der Waals surface area contributed by atoms with Gasteiger partial charge in [-0.3, -0.25) is 9.67 Å². The van der Waals surface area contributed by atoms with Gasteiger partial charge in [0, 0.05) is 37.4 Å². The van der Waals surface area contributed by atoms with E-state index in [0.717, 1.165) is 23.4 Å². The molecule has 0 saturated carbocycles. The first kappa shape index (κ1) is 14.2. The first-order chi connectivity index (χ1) is 10.8. The molecule has 112 valence electrons. The summed E-state index contributed by atoms with van der Waals surface area (Å²) >= 11 is 0. The molecule has 0 aliphatic rings. The van der Waals surface area contributed by atoms with Crippen LogP contribution in [0.15, 0.2) is 49.1 Å². The van der Waals surface area contributed by atoms with Crippen molar-refractivity contribution in [2.45, 2.75) is 19.4 Å². The Balaban J connectivity index is 1.85. The summed E-state index contributed by atoms with van der Waals surface area (Å²) in [5, 5.41) is 7.60. The van der Waals surface area contributed by atoms with Crippen molar-refractivity contribution in [1.82, 2.24) is 24.7 Å². The van der Waals surface area contributed by atoms with E-state index in [-0.39, 0.29) is 6.04 Å². The van der Waals surface area contributed by atoms with Crippen LogP contribution in [0.25, 0.3) is 11.3 Å². The minimum absolute atomic E-state index is 0.122. The van der Waals surface area contributed by atoms with Crippen LogP contribution < -0.4 is 5.32 Å². The van der Waals surface area contributed by atoms with Crippen molar-refractivity contribution in [2.24, 2.45) is 7.05 Å². The van der Waals surface area contributed by atoms with Crippen molar-refractivity contribution in [3.63, 3.8) is 0 Å². The van der Waals surface area contributed by atoms with E-state index in [1.54, 1.807) is 24.8 Å². The Hall–Kier alpha value is -2.76. The predicted molar refractivity (Wildman–Crippen MR) is 85.1 cm³/mol. The van der Waals surface area contributed by atoms with Crippen LogP contribution in [0.4, 0.5) is 5.95 Å². The lowest BCUT2D eigenvalue weighted by Gasteiger charge is -2.17. The van der Waals surface area contributed by atoms with E-state index in [0.29, 0.717) is 5.95 Å². The Morgan fingerprint density at radius 3 is 2.77 bits per heavy atom. The molecule has 22 heavy (non-hydrogen) atoms. The molecule has 3 aromatic heterocycles. The number of hydrogen-bond donors (Lipinski definition) is 1. The maximum Gasteiger partial charge on any atom is 0.223 e. The molecule has 0 bridgehead atoms. The fourth-order valence-corrected chi connectivity index (χ4v) is 2.37. The fourth-order valence-electron chi connectivity index (χ4n) is 2.37. The standard InChI is InChI=1S/C16H18N6/c1-3-13(15-7-10-19-22(15)2)20-16-18-9-6-14(21-16)12-5-4-8-17-11-12/h4-11,13H,3H2,1-2H3,(H,18,20,21)/t13-/m1/s1. The van der Waals surface area contributed by atoms with Crippen LogP contribution in [0.1, 0.15) is 25.1 Å². The van der Waals surface area contributed by atoms with Crippen LogP contribution >= 0.6 is 0 Å². The van der Waals surface area contributed by atoms with E-state index in [1.807, 2.05) is 36.0 Å². The lowest BCUT2D eigenvalue weighted by Crippen LogP contribution is -2.15. The smallest absolute Gasteiger partial charge is 0.223 e. The molecule has 0 aliphatic carbocycles. The SMILES string of the molecule is CC[C@@H](Nc1nccc(-c2cccnc2)n1)c1ccnn1C. The summed E-state index contributed by atoms with van der Waals surface area (Å²) in [6, 6.07) is 7.89. The van der Waals surface area contributed by atoms with Crippen LogP contribution in [-0.4, -0.2) is 24.7 Å². The summed E-state index contributed by atoms with van der Waals surface area (Å²) in [6.45, 7) is 2.12. The molecule has 0 aliphatic heterocycles. The summed E-state index contributed by atoms with van der Waals surface area (Å²) in [5.74, 6) is 0.606. The maximum absolute atomic E-state index is 4.58. The fraction of sp³-hybridized carbons (Fsp3) is 0.250. The molecule has 0 aromatic carbocycles. The Bertz CT molecular complexity index is 737. The number of nitrogens with zero attached hydrogens (tertiary/aromatic N) is 5. The van der Waals surface area contributed by atoms with E-state index in [9.17, 15) is 0 Å². The third-order valence-corrected chi connectivity index (χ3v) is 3.54. The molecular formula is C16H18N6. The molecule has 6 nitrogen and oxygen atoms in total. The van der Waals surface area contributed by atoms with E-state index in [1.165, 1.54) is 0 Å². The summed E-state index contributed by atoms with van der Waals surface area (Å²) in [6.07, 6.45) is 8.02. The number of hydrogen-bond acceptors (Lipinski definition) is 5. The second kappa shape index (κ2) is 6.34. The van der Waals surface area contributed by atoms with Gasteiger partial charge in [-0.15, -0.1) is 0 Å². The van der Waals surface area contributed by atoms with Gasteiger partial charge in [-0.25, -0.2) is 9.97 Å². The van der Waals surface area contributed by atoms with Crippen molar-refractivity contribution in [2.75, 3.05) is 5.32 Å². The Labute approximate surface area is 129 Å². The van der Waals surface area contributed by atoms with Gasteiger partial charge in [0.1, 0.15) is 0 Å². The van der Waals surface area contributed by atoms with Crippen molar-refractivity contribution in [3.05, 3.63) is 54.7 Å². The molecular weight excluding hydrogens is 276 g/mol. The quantitative estimate of drug-likeness (QED) is 0.783. The largest absolute Gasteiger partial charge is 0.346 e. The van der Waals surface area contributed by atoms with E-state index < -0.39 is 0 Å². The number of rotatable bonds is 5. The van der Waals surface area contributed by atoms with Gasteiger partial charge >= 0.3 is 0 Å². The van der Waals surface area contributed by atoms with Crippen molar-refractivity contribution < 1.29 is 0 Å². The van der Waals surface area contributed by atoms with Gasteiger partial charge in [0.05, 0.1) is 17.4 Å². The first-order valence-corrected chi connectivity index (χ1v) is 7.26. The van der Waals surface area contributed by atoms with Gasteiger partial charge in [-0.05, 0) is 30.7 Å². The molecule has 0 saturated heterocycles. The Kier molecular flexibility index (Phi) is 4.09. The van der Waals surface area contributed by atoms with Gasteiger partial charge in [0.15, 0.2) is 0 Å². The lowest BCUT2D eigenvalue weighted by atomic mass is 10.1. The first-order valence-electron chi connectivity index (χ1n) is 7.26. The van der Waals surface area contributed by atoms with E-state index in [4.69, 9.17) is 0 Å². The van der Waals surface area contributed by atoms with Crippen molar-refractivity contribution in [3.8, 4) is 11.3 Å². The van der Waals surface area contributed by atoms with E-state index >= 15 is 0 Å². The normalized spacial score (nSPS) is 12.1. The minimum atomic E-state index is 0.122. The van der Waals surface area contributed by atoms with Gasteiger partial charge in [0.25, 0.3) is 0 Å². The maximum atomic E-state index is 4.58. The van der Waals surface area contributed by atoms with Crippen LogP contribution in [0.2, 0.25) is 0 Å². The molecule has 1 N–H and O–H groups in total. The molecule has 6 heteroatoms. The summed E-state index contributed by atoms with van der Waals surface area (Å²) in [7, 11) is 1.94. The number of nitrogens with one attached hydrogen (secondary N) is 1. The second-order valence-electron chi connectivity index (χ2n) is 4.99. The molecule has 3 rings (SSSR count). The molecule has 0 radical (unpaired) electrons. The highest BCUT2D eigenvalue weighted by atomic mass is 15.3. The second-order valence-corrected chi connectivity index (χ2v) is 4.99. The Morgan fingerprint density at radius 2 is 2.09 bits per heavy atom. The third kappa shape index (κ3) is 2.95. The van der Waals surface area contributed by atoms with Crippen LogP contribution in [0.5, 0.6) is 0 Å². The van der Waals surface area contributed by atoms with Crippen molar-refractivity contribution in [1.29, 1.82) is 0 Å².